The summed E-state index contributed by atoms with van der Waals surface area (Å²) in [5.74, 6) is -1.09. The second-order valence-corrected chi connectivity index (χ2v) is 7.05. The highest BCUT2D eigenvalue weighted by Crippen LogP contribution is 2.18. The van der Waals surface area contributed by atoms with Crippen molar-refractivity contribution in [2.24, 2.45) is 0 Å². The summed E-state index contributed by atoms with van der Waals surface area (Å²) in [6, 6.07) is 4.50. The van der Waals surface area contributed by atoms with Gasteiger partial charge in [0.25, 0.3) is 0 Å². The molecule has 25 heavy (non-hydrogen) atoms. The minimum Gasteiger partial charge on any atom is -0.351 e. The van der Waals surface area contributed by atoms with Gasteiger partial charge in [0, 0.05) is 17.7 Å². The second kappa shape index (κ2) is 8.71. The van der Waals surface area contributed by atoms with Gasteiger partial charge >= 0.3 is 0 Å². The minimum absolute atomic E-state index is 0.00156. The summed E-state index contributed by atoms with van der Waals surface area (Å²) in [5, 5.41) is 6.28. The number of rotatable bonds is 7. The molecule has 0 bridgehead atoms. The Bertz CT molecular complexity index is 774. The van der Waals surface area contributed by atoms with Crippen molar-refractivity contribution >= 4 is 28.8 Å². The number of carbonyl (C=O) groups is 2. The Labute approximate surface area is 150 Å². The third-order valence-corrected chi connectivity index (χ3v) is 4.65. The lowest BCUT2D eigenvalue weighted by Crippen LogP contribution is -2.24. The molecule has 7 heteroatoms. The summed E-state index contributed by atoms with van der Waals surface area (Å²) in [6.45, 7) is 6.19. The summed E-state index contributed by atoms with van der Waals surface area (Å²) >= 11 is 1.56. The van der Waals surface area contributed by atoms with Crippen LogP contribution in [-0.4, -0.2) is 16.8 Å². The van der Waals surface area contributed by atoms with E-state index in [4.69, 9.17) is 0 Å². The predicted molar refractivity (Wildman–Crippen MR) is 97.1 cm³/mol. The van der Waals surface area contributed by atoms with E-state index in [2.05, 4.69) is 15.6 Å². The molecular weight excluding hydrogens is 341 g/mol. The van der Waals surface area contributed by atoms with E-state index in [1.165, 1.54) is 6.07 Å². The average molecular weight is 363 g/mol. The van der Waals surface area contributed by atoms with Crippen molar-refractivity contribution in [1.82, 2.24) is 10.3 Å². The van der Waals surface area contributed by atoms with Crippen molar-refractivity contribution < 1.29 is 14.0 Å². The molecule has 0 saturated carbocycles. The quantitative estimate of drug-likeness (QED) is 0.791. The number of benzene rings is 1. The fourth-order valence-corrected chi connectivity index (χ4v) is 3.33. The number of halogens is 1. The van der Waals surface area contributed by atoms with E-state index < -0.39 is 5.82 Å². The molecule has 0 aliphatic carbocycles. The first-order chi connectivity index (χ1) is 11.9. The van der Waals surface area contributed by atoms with Crippen LogP contribution in [-0.2, 0) is 22.6 Å². The summed E-state index contributed by atoms with van der Waals surface area (Å²) in [7, 11) is 0. The van der Waals surface area contributed by atoms with E-state index in [1.807, 2.05) is 20.8 Å². The van der Waals surface area contributed by atoms with Crippen molar-refractivity contribution in [3.05, 3.63) is 45.2 Å². The molecule has 2 aromatic rings. The van der Waals surface area contributed by atoms with Gasteiger partial charge in [0.2, 0.25) is 11.8 Å². The molecule has 0 saturated heterocycles. The van der Waals surface area contributed by atoms with Crippen LogP contribution in [0, 0.1) is 19.7 Å². The van der Waals surface area contributed by atoms with Crippen molar-refractivity contribution in [1.29, 1.82) is 0 Å². The number of thiazole rings is 1. The molecule has 2 rings (SSSR count). The SMILES string of the molecule is CCc1nc(C)sc1CNC(=O)CCC(=O)Nc1cc(C)ccc1F. The molecule has 0 radical (unpaired) electrons. The topological polar surface area (TPSA) is 71.1 Å². The van der Waals surface area contributed by atoms with Crippen LogP contribution in [0.15, 0.2) is 18.2 Å². The van der Waals surface area contributed by atoms with Crippen LogP contribution in [0.3, 0.4) is 0 Å². The second-order valence-electron chi connectivity index (χ2n) is 5.76. The van der Waals surface area contributed by atoms with Crippen molar-refractivity contribution in [2.45, 2.75) is 46.6 Å². The molecule has 1 heterocycles. The Morgan fingerprint density at radius 3 is 2.64 bits per heavy atom. The smallest absolute Gasteiger partial charge is 0.224 e. The number of nitrogens with zero attached hydrogens (tertiary/aromatic N) is 1. The van der Waals surface area contributed by atoms with Gasteiger partial charge in [-0.25, -0.2) is 9.37 Å². The molecule has 2 N–H and O–H groups in total. The van der Waals surface area contributed by atoms with Crippen LogP contribution in [0.5, 0.6) is 0 Å². The third-order valence-electron chi connectivity index (χ3n) is 3.64. The fourth-order valence-electron chi connectivity index (χ4n) is 2.37. The third kappa shape index (κ3) is 5.63. The van der Waals surface area contributed by atoms with Gasteiger partial charge in [0.05, 0.1) is 22.9 Å². The van der Waals surface area contributed by atoms with E-state index in [1.54, 1.807) is 23.5 Å². The molecule has 0 spiro atoms. The summed E-state index contributed by atoms with van der Waals surface area (Å²) in [4.78, 5) is 29.3. The van der Waals surface area contributed by atoms with Gasteiger partial charge in [-0.1, -0.05) is 13.0 Å². The van der Waals surface area contributed by atoms with Gasteiger partial charge in [-0.3, -0.25) is 9.59 Å². The summed E-state index contributed by atoms with van der Waals surface area (Å²) < 4.78 is 13.6. The highest BCUT2D eigenvalue weighted by atomic mass is 32.1. The number of hydrogen-bond acceptors (Lipinski definition) is 4. The molecule has 5 nitrogen and oxygen atoms in total. The first-order valence-electron chi connectivity index (χ1n) is 8.17. The molecule has 1 aromatic heterocycles. The van der Waals surface area contributed by atoms with E-state index in [0.717, 1.165) is 27.6 Å². The van der Waals surface area contributed by atoms with Gasteiger partial charge in [-0.2, -0.15) is 0 Å². The van der Waals surface area contributed by atoms with Crippen LogP contribution < -0.4 is 10.6 Å². The van der Waals surface area contributed by atoms with Gasteiger partial charge in [0.1, 0.15) is 5.82 Å². The summed E-state index contributed by atoms with van der Waals surface area (Å²) in [6.07, 6.45) is 0.875. The van der Waals surface area contributed by atoms with Crippen molar-refractivity contribution in [3.8, 4) is 0 Å². The number of carbonyl (C=O) groups excluding carboxylic acids is 2. The molecular formula is C18H22FN3O2S. The maximum Gasteiger partial charge on any atom is 0.224 e. The zero-order chi connectivity index (χ0) is 18.4. The number of anilines is 1. The minimum atomic E-state index is -0.490. The number of hydrogen-bond donors (Lipinski definition) is 2. The van der Waals surface area contributed by atoms with Crippen LogP contribution >= 0.6 is 11.3 Å². The van der Waals surface area contributed by atoms with Gasteiger partial charge < -0.3 is 10.6 Å². The standard InChI is InChI=1S/C18H22FN3O2S/c1-4-14-16(25-12(3)21-14)10-20-17(23)7-8-18(24)22-15-9-11(2)5-6-13(15)19/h5-6,9H,4,7-8,10H2,1-3H3,(H,20,23)(H,22,24). The Balaban J connectivity index is 1.79. The molecule has 0 aliphatic rings. The number of nitrogens with one attached hydrogen (secondary N) is 2. The average Bonchev–Trinajstić information content (AvgIpc) is 2.94. The molecule has 134 valence electrons. The lowest BCUT2D eigenvalue weighted by molar-refractivity contribution is -0.124. The number of amides is 2. The highest BCUT2D eigenvalue weighted by Gasteiger charge is 2.12. The van der Waals surface area contributed by atoms with Crippen LogP contribution in [0.25, 0.3) is 0 Å². The molecule has 2 amide bonds. The first kappa shape index (κ1) is 19.1. The van der Waals surface area contributed by atoms with Gasteiger partial charge in [-0.05, 0) is 38.0 Å². The Morgan fingerprint density at radius 1 is 1.20 bits per heavy atom. The van der Waals surface area contributed by atoms with Crippen LogP contribution in [0.2, 0.25) is 0 Å². The van der Waals surface area contributed by atoms with E-state index in [9.17, 15) is 14.0 Å². The van der Waals surface area contributed by atoms with Crippen LogP contribution in [0.1, 0.15) is 40.9 Å². The highest BCUT2D eigenvalue weighted by molar-refractivity contribution is 7.11. The maximum atomic E-state index is 13.6. The van der Waals surface area contributed by atoms with Crippen molar-refractivity contribution in [3.63, 3.8) is 0 Å². The van der Waals surface area contributed by atoms with E-state index in [0.29, 0.717) is 6.54 Å². The predicted octanol–water partition coefficient (Wildman–Crippen LogP) is 3.50. The van der Waals surface area contributed by atoms with Gasteiger partial charge in [-0.15, -0.1) is 11.3 Å². The zero-order valence-electron chi connectivity index (χ0n) is 14.6. The number of aromatic nitrogens is 1. The molecule has 1 aromatic carbocycles. The lowest BCUT2D eigenvalue weighted by atomic mass is 10.2. The fraction of sp³-hybridized carbons (Fsp3) is 0.389. The largest absolute Gasteiger partial charge is 0.351 e. The first-order valence-corrected chi connectivity index (χ1v) is 8.98. The van der Waals surface area contributed by atoms with Crippen molar-refractivity contribution in [2.75, 3.05) is 5.32 Å². The monoisotopic (exact) mass is 363 g/mol. The van der Waals surface area contributed by atoms with Crippen LogP contribution in [0.4, 0.5) is 10.1 Å². The molecule has 0 atom stereocenters. The van der Waals surface area contributed by atoms with Gasteiger partial charge in [0.15, 0.2) is 0 Å². The molecule has 0 fully saturated rings. The normalized spacial score (nSPS) is 10.6. The van der Waals surface area contributed by atoms with E-state index in [-0.39, 0.29) is 30.3 Å². The summed E-state index contributed by atoms with van der Waals surface area (Å²) in [5.41, 5.74) is 1.98. The molecule has 0 aliphatic heterocycles. The Kier molecular flexibility index (Phi) is 6.64. The Hall–Kier alpha value is -2.28. The lowest BCUT2D eigenvalue weighted by Gasteiger charge is -2.08. The van der Waals surface area contributed by atoms with E-state index >= 15 is 0 Å². The maximum absolute atomic E-state index is 13.6. The number of aryl methyl sites for hydroxylation is 3. The molecule has 0 unspecified atom stereocenters. The Morgan fingerprint density at radius 2 is 1.92 bits per heavy atom. The zero-order valence-corrected chi connectivity index (χ0v) is 15.4.